The molecule has 53 heavy (non-hydrogen) atoms. The Hall–Kier alpha value is -5.63. The lowest BCUT2D eigenvalue weighted by molar-refractivity contribution is -0.137. The van der Waals surface area contributed by atoms with Crippen LogP contribution in [0.15, 0.2) is 73.1 Å². The highest BCUT2D eigenvalue weighted by atomic mass is 35.5. The van der Waals surface area contributed by atoms with Gasteiger partial charge in [-0.3, -0.25) is 19.2 Å². The average Bonchev–Trinajstić information content (AvgIpc) is 3.76. The van der Waals surface area contributed by atoms with Crippen LogP contribution in [0.5, 0.6) is 0 Å². The Labute approximate surface area is 311 Å². The normalized spacial score (nSPS) is 15.8. The Morgan fingerprint density at radius 2 is 1.64 bits per heavy atom. The van der Waals surface area contributed by atoms with Gasteiger partial charge in [-0.2, -0.15) is 4.68 Å². The summed E-state index contributed by atoms with van der Waals surface area (Å²) in [4.78, 5) is 67.7. The number of hydrogen-bond acceptors (Lipinski definition) is 9. The number of esters is 1. The van der Waals surface area contributed by atoms with Gasteiger partial charge in [-0.1, -0.05) is 43.0 Å². The summed E-state index contributed by atoms with van der Waals surface area (Å²) in [6.07, 6.45) is 7.48. The number of tetrazole rings is 1. The van der Waals surface area contributed by atoms with E-state index in [1.54, 1.807) is 57.2 Å². The van der Waals surface area contributed by atoms with E-state index in [0.29, 0.717) is 40.5 Å². The molecule has 15 heteroatoms. The molecule has 276 valence electrons. The first-order chi connectivity index (χ1) is 25.3. The summed E-state index contributed by atoms with van der Waals surface area (Å²) in [6, 6.07) is 16.8. The van der Waals surface area contributed by atoms with Gasteiger partial charge in [-0.05, 0) is 110 Å². The number of nitrogens with zero attached hydrogens (tertiary/aromatic N) is 5. The van der Waals surface area contributed by atoms with Crippen molar-refractivity contribution in [3.63, 3.8) is 0 Å². The van der Waals surface area contributed by atoms with Crippen molar-refractivity contribution in [1.29, 1.82) is 0 Å². The monoisotopic (exact) mass is 740 g/mol. The average molecular weight is 741 g/mol. The summed E-state index contributed by atoms with van der Waals surface area (Å²) in [6.45, 7) is 5.99. The molecule has 3 aromatic carbocycles. The smallest absolute Gasteiger partial charge is 0.338 e. The minimum atomic E-state index is -1.21. The molecular weight excluding hydrogens is 700 g/mol. The van der Waals surface area contributed by atoms with E-state index in [1.807, 2.05) is 17.0 Å². The number of benzene rings is 3. The molecule has 2 heterocycles. The number of amides is 4. The van der Waals surface area contributed by atoms with E-state index in [9.17, 15) is 24.0 Å². The van der Waals surface area contributed by atoms with E-state index < -0.39 is 35.3 Å². The van der Waals surface area contributed by atoms with Crippen molar-refractivity contribution in [3.8, 4) is 5.69 Å². The lowest BCUT2D eigenvalue weighted by Crippen LogP contribution is -2.49. The summed E-state index contributed by atoms with van der Waals surface area (Å²) < 4.78 is 6.71. The minimum absolute atomic E-state index is 0.0199. The Morgan fingerprint density at radius 3 is 2.30 bits per heavy atom. The van der Waals surface area contributed by atoms with Crippen LogP contribution in [0.25, 0.3) is 5.69 Å². The van der Waals surface area contributed by atoms with Gasteiger partial charge in [0.25, 0.3) is 0 Å². The molecule has 1 saturated carbocycles. The van der Waals surface area contributed by atoms with Crippen LogP contribution in [0.2, 0.25) is 5.02 Å². The van der Waals surface area contributed by atoms with Gasteiger partial charge in [0, 0.05) is 35.8 Å². The Bertz CT molecular complexity index is 1990. The van der Waals surface area contributed by atoms with E-state index in [0.717, 1.165) is 31.4 Å². The molecule has 4 amide bonds. The van der Waals surface area contributed by atoms with Gasteiger partial charge < -0.3 is 25.6 Å². The summed E-state index contributed by atoms with van der Waals surface area (Å²) in [7, 11) is 0. The van der Waals surface area contributed by atoms with E-state index in [1.165, 1.54) is 35.6 Å². The number of carbonyl (C=O) groups is 5. The molecule has 1 aliphatic heterocycles. The van der Waals surface area contributed by atoms with Gasteiger partial charge in [-0.15, -0.1) is 5.10 Å². The summed E-state index contributed by atoms with van der Waals surface area (Å²) >= 11 is 6.18. The maximum atomic E-state index is 13.7. The first-order valence-electron chi connectivity index (χ1n) is 17.5. The lowest BCUT2D eigenvalue weighted by atomic mass is 9.73. The van der Waals surface area contributed by atoms with Crippen molar-refractivity contribution in [3.05, 3.63) is 89.2 Å². The van der Waals surface area contributed by atoms with Crippen molar-refractivity contribution >= 4 is 58.3 Å². The number of nitrogens with one attached hydrogen (secondary N) is 3. The van der Waals surface area contributed by atoms with Crippen molar-refractivity contribution in [2.45, 2.75) is 77.4 Å². The number of aromatic nitrogens is 4. The van der Waals surface area contributed by atoms with E-state index in [-0.39, 0.29) is 23.4 Å². The zero-order chi connectivity index (χ0) is 37.8. The molecule has 2 fully saturated rings. The molecule has 14 nitrogen and oxygen atoms in total. The molecule has 2 aliphatic rings. The molecule has 1 saturated heterocycles. The van der Waals surface area contributed by atoms with Crippen LogP contribution < -0.4 is 20.9 Å². The molecule has 0 radical (unpaired) electrons. The van der Waals surface area contributed by atoms with Gasteiger partial charge >= 0.3 is 17.8 Å². The zero-order valence-electron chi connectivity index (χ0n) is 29.7. The van der Waals surface area contributed by atoms with Crippen LogP contribution in [-0.2, 0) is 30.3 Å². The van der Waals surface area contributed by atoms with Crippen molar-refractivity contribution in [2.24, 2.45) is 5.41 Å². The maximum absolute atomic E-state index is 13.7. The third kappa shape index (κ3) is 9.24. The second kappa shape index (κ2) is 15.5. The molecule has 1 spiro atoms. The fourth-order valence-electron chi connectivity index (χ4n) is 6.76. The molecule has 3 N–H and O–H groups in total. The highest BCUT2D eigenvalue weighted by Gasteiger charge is 2.44. The topological polar surface area (TPSA) is 178 Å². The molecule has 0 bridgehead atoms. The fourth-order valence-corrected chi connectivity index (χ4v) is 6.94. The minimum Gasteiger partial charge on any atom is -0.456 e. The van der Waals surface area contributed by atoms with Crippen LogP contribution >= 0.6 is 11.6 Å². The standard InChI is InChI=1S/C38H41ClN8O6/c1-37(2,3)53-36(52)25-9-12-27(13-10-25)41-33(49)30(43-35(51)34(50)42-29-20-26(39)11-16-31(29)47-23-40-44-45-47)19-24-7-14-28(15-8-24)46-22-38(21-32(46)48)17-5-4-6-18-38/h7-16,20,23,30H,4-6,17-19,21-22H2,1-3H3,(H,41,49)(H,42,50)(H,43,51)/t30-/m0/s1. The quantitative estimate of drug-likeness (QED) is 0.153. The van der Waals surface area contributed by atoms with Crippen molar-refractivity contribution in [2.75, 3.05) is 22.1 Å². The zero-order valence-corrected chi connectivity index (χ0v) is 30.5. The fraction of sp³-hybridized carbons (Fsp3) is 0.368. The third-order valence-corrected chi connectivity index (χ3v) is 9.58. The predicted octanol–water partition coefficient (Wildman–Crippen LogP) is 5.26. The van der Waals surface area contributed by atoms with Gasteiger partial charge in [0.2, 0.25) is 11.8 Å². The lowest BCUT2D eigenvalue weighted by Gasteiger charge is -2.32. The second-order valence-corrected chi connectivity index (χ2v) is 15.0. The molecule has 1 aliphatic carbocycles. The van der Waals surface area contributed by atoms with Crippen molar-refractivity contribution < 1.29 is 28.7 Å². The van der Waals surface area contributed by atoms with Crippen LogP contribution in [0.3, 0.4) is 0 Å². The number of ether oxygens (including phenoxy) is 1. The number of halogens is 1. The van der Waals surface area contributed by atoms with Crippen LogP contribution in [0, 0.1) is 5.41 Å². The van der Waals surface area contributed by atoms with Gasteiger partial charge in [-0.25, -0.2) is 4.79 Å². The Balaban J connectivity index is 1.18. The Morgan fingerprint density at radius 1 is 0.925 bits per heavy atom. The summed E-state index contributed by atoms with van der Waals surface area (Å²) in [5, 5.41) is 19.2. The molecular formula is C38H41ClN8O6. The largest absolute Gasteiger partial charge is 0.456 e. The maximum Gasteiger partial charge on any atom is 0.338 e. The van der Waals surface area contributed by atoms with Crippen LogP contribution in [0.1, 0.15) is 75.2 Å². The summed E-state index contributed by atoms with van der Waals surface area (Å²) in [5.41, 5.74) is 1.99. The third-order valence-electron chi connectivity index (χ3n) is 9.34. The molecule has 6 rings (SSSR count). The first kappa shape index (κ1) is 37.1. The van der Waals surface area contributed by atoms with E-state index >= 15 is 0 Å². The number of carbonyl (C=O) groups excluding carboxylic acids is 5. The van der Waals surface area contributed by atoms with E-state index in [2.05, 4.69) is 31.5 Å². The number of anilines is 3. The van der Waals surface area contributed by atoms with Gasteiger partial charge in [0.1, 0.15) is 18.0 Å². The van der Waals surface area contributed by atoms with Gasteiger partial charge in [0.15, 0.2) is 0 Å². The highest BCUT2D eigenvalue weighted by molar-refractivity contribution is 6.40. The predicted molar refractivity (Wildman–Crippen MR) is 198 cm³/mol. The number of hydrogen-bond donors (Lipinski definition) is 3. The van der Waals surface area contributed by atoms with Crippen molar-refractivity contribution in [1.82, 2.24) is 25.5 Å². The van der Waals surface area contributed by atoms with E-state index in [4.69, 9.17) is 16.3 Å². The molecule has 1 atom stereocenters. The molecule has 1 aromatic heterocycles. The Kier molecular flexibility index (Phi) is 10.9. The van der Waals surface area contributed by atoms with Crippen LogP contribution in [-0.4, -0.2) is 68.0 Å². The number of rotatable bonds is 9. The molecule has 4 aromatic rings. The summed E-state index contributed by atoms with van der Waals surface area (Å²) in [5.74, 6) is -3.14. The second-order valence-electron chi connectivity index (χ2n) is 14.6. The molecule has 0 unspecified atom stereocenters. The van der Waals surface area contributed by atoms with Gasteiger partial charge in [0.05, 0.1) is 16.9 Å². The van der Waals surface area contributed by atoms with Crippen LogP contribution in [0.4, 0.5) is 17.1 Å². The first-order valence-corrected chi connectivity index (χ1v) is 17.8. The highest BCUT2D eigenvalue weighted by Crippen LogP contribution is 2.45. The SMILES string of the molecule is CC(C)(C)OC(=O)c1ccc(NC(=O)[C@H](Cc2ccc(N3CC4(CCCCC4)CC3=O)cc2)NC(=O)C(=O)Nc2cc(Cl)ccc2-n2cnnn2)cc1.